The van der Waals surface area contributed by atoms with E-state index >= 15 is 0 Å². The highest BCUT2D eigenvalue weighted by Gasteiger charge is 2.34. The lowest BCUT2D eigenvalue weighted by molar-refractivity contribution is 0.291. The summed E-state index contributed by atoms with van der Waals surface area (Å²) in [6.07, 6.45) is 0. The van der Waals surface area contributed by atoms with Gasteiger partial charge < -0.3 is 19.8 Å². The third kappa shape index (κ3) is 6.20. The lowest BCUT2D eigenvalue weighted by Gasteiger charge is -2.37. The second kappa shape index (κ2) is 8.73. The third-order valence-corrected chi connectivity index (χ3v) is 5.48. The Bertz CT molecular complexity index is 615. The van der Waals surface area contributed by atoms with Crippen LogP contribution in [0.1, 0.15) is 58.2 Å². The fourth-order valence-electron chi connectivity index (χ4n) is 4.69. The van der Waals surface area contributed by atoms with E-state index in [4.69, 9.17) is 0 Å². The van der Waals surface area contributed by atoms with Gasteiger partial charge in [0.15, 0.2) is 0 Å². The molecular weight excluding hydrogens is 346 g/mol. The molecule has 0 bridgehead atoms. The summed E-state index contributed by atoms with van der Waals surface area (Å²) < 4.78 is 0. The van der Waals surface area contributed by atoms with Crippen molar-refractivity contribution < 1.29 is 5.11 Å². The van der Waals surface area contributed by atoms with Gasteiger partial charge in [0.25, 0.3) is 0 Å². The first-order valence-electron chi connectivity index (χ1n) is 10.3. The lowest BCUT2D eigenvalue weighted by atomic mass is 9.72. The summed E-state index contributed by atoms with van der Waals surface area (Å²) in [4.78, 5) is 6.63. The molecule has 0 spiro atoms. The minimum atomic E-state index is -0.152. The molecule has 0 amide bonds. The Hall–Kier alpha value is -1.10. The Morgan fingerprint density at radius 3 is 1.18 bits per heavy atom. The molecule has 0 aliphatic rings. The van der Waals surface area contributed by atoms with Gasteiger partial charge in [-0.15, -0.1) is 0 Å². The van der Waals surface area contributed by atoms with Crippen LogP contribution in [0.2, 0.25) is 0 Å². The summed E-state index contributed by atoms with van der Waals surface area (Å²) >= 11 is 0. The van der Waals surface area contributed by atoms with Gasteiger partial charge in [0.2, 0.25) is 0 Å². The van der Waals surface area contributed by atoms with Crippen LogP contribution in [0.3, 0.4) is 0 Å². The molecule has 1 aromatic rings. The molecule has 0 aliphatic heterocycles. The molecule has 28 heavy (non-hydrogen) atoms. The maximum atomic E-state index is 11.4. The van der Waals surface area contributed by atoms with Gasteiger partial charge in [0.1, 0.15) is 5.75 Å². The van der Waals surface area contributed by atoms with Gasteiger partial charge in [-0.3, -0.25) is 0 Å². The van der Waals surface area contributed by atoms with Crippen LogP contribution in [0.25, 0.3) is 0 Å². The fourth-order valence-corrected chi connectivity index (χ4v) is 4.69. The van der Waals surface area contributed by atoms with Gasteiger partial charge in [-0.05, 0) is 47.8 Å². The molecule has 0 fully saturated rings. The van der Waals surface area contributed by atoms with E-state index in [0.717, 1.165) is 30.8 Å². The van der Waals surface area contributed by atoms with Crippen molar-refractivity contribution in [1.82, 2.24) is 14.7 Å². The van der Waals surface area contributed by atoms with Crippen molar-refractivity contribution in [3.8, 4) is 5.75 Å². The molecule has 0 heterocycles. The molecule has 0 aliphatic carbocycles. The van der Waals surface area contributed by atoms with Gasteiger partial charge in [-0.1, -0.05) is 53.7 Å². The molecule has 0 atom stereocenters. The standard InChI is InChI=1S/C24H45N3O/c1-22(2,15-25(7)8)18-13-19(23(3,4)16-26(9)10)21(28)20(14-18)24(5,6)17-27(11)12/h13-14,28H,15-17H2,1-12H3. The quantitative estimate of drug-likeness (QED) is 0.691. The molecule has 0 aromatic heterocycles. The maximum Gasteiger partial charge on any atom is 0.123 e. The Morgan fingerprint density at radius 2 is 0.893 bits per heavy atom. The van der Waals surface area contributed by atoms with Crippen molar-refractivity contribution >= 4 is 0 Å². The predicted octanol–water partition coefficient (Wildman–Crippen LogP) is 3.91. The van der Waals surface area contributed by atoms with Crippen molar-refractivity contribution in [3.63, 3.8) is 0 Å². The van der Waals surface area contributed by atoms with Crippen molar-refractivity contribution in [2.45, 2.75) is 57.8 Å². The number of aromatic hydroxyl groups is 1. The van der Waals surface area contributed by atoms with Crippen molar-refractivity contribution in [2.75, 3.05) is 61.9 Å². The van der Waals surface area contributed by atoms with Crippen LogP contribution >= 0.6 is 0 Å². The van der Waals surface area contributed by atoms with Crippen LogP contribution in [0, 0.1) is 0 Å². The Kier molecular flexibility index (Phi) is 7.77. The molecule has 4 heteroatoms. The zero-order chi connectivity index (χ0) is 22.1. The number of hydrogen-bond donors (Lipinski definition) is 1. The second-order valence-electron chi connectivity index (χ2n) is 11.3. The highest BCUT2D eigenvalue weighted by Crippen LogP contribution is 2.43. The third-order valence-electron chi connectivity index (χ3n) is 5.48. The molecule has 1 N–H and O–H groups in total. The number of nitrogens with zero attached hydrogens (tertiary/aromatic N) is 3. The summed E-state index contributed by atoms with van der Waals surface area (Å²) in [5, 5.41) is 11.4. The fraction of sp³-hybridized carbons (Fsp3) is 0.750. The SMILES string of the molecule is CN(C)CC(C)(C)c1cc(C(C)(C)CN(C)C)c(O)c(C(C)(C)CN(C)C)c1. The molecule has 0 saturated heterocycles. The van der Waals surface area contributed by atoms with Crippen LogP contribution in [-0.2, 0) is 16.2 Å². The van der Waals surface area contributed by atoms with Gasteiger partial charge in [-0.2, -0.15) is 0 Å². The molecule has 162 valence electrons. The largest absolute Gasteiger partial charge is 0.507 e. The summed E-state index contributed by atoms with van der Waals surface area (Å²) in [6.45, 7) is 16.2. The van der Waals surface area contributed by atoms with Crippen LogP contribution in [0.5, 0.6) is 5.75 Å². The topological polar surface area (TPSA) is 30.0 Å². The average molecular weight is 392 g/mol. The number of likely N-dealkylation sites (N-methyl/N-ethyl adjacent to an activating group) is 3. The minimum Gasteiger partial charge on any atom is -0.507 e. The summed E-state index contributed by atoms with van der Waals surface area (Å²) in [5.74, 6) is 0.461. The average Bonchev–Trinajstić information content (AvgIpc) is 2.42. The van der Waals surface area contributed by atoms with E-state index in [1.54, 1.807) is 0 Å². The molecule has 0 unspecified atom stereocenters. The van der Waals surface area contributed by atoms with Gasteiger partial charge in [0, 0.05) is 47.0 Å². The Balaban J connectivity index is 3.72. The van der Waals surface area contributed by atoms with Crippen molar-refractivity contribution in [2.24, 2.45) is 0 Å². The van der Waals surface area contributed by atoms with Crippen LogP contribution in [0.15, 0.2) is 12.1 Å². The van der Waals surface area contributed by atoms with Crippen molar-refractivity contribution in [1.29, 1.82) is 0 Å². The number of benzene rings is 1. The smallest absolute Gasteiger partial charge is 0.123 e. The van der Waals surface area contributed by atoms with E-state index in [1.807, 2.05) is 0 Å². The Labute approximate surface area is 174 Å². The number of phenols is 1. The molecule has 0 radical (unpaired) electrons. The molecule has 4 nitrogen and oxygen atoms in total. The van der Waals surface area contributed by atoms with Crippen molar-refractivity contribution in [3.05, 3.63) is 28.8 Å². The van der Waals surface area contributed by atoms with E-state index in [0.29, 0.717) is 5.75 Å². The van der Waals surface area contributed by atoms with Gasteiger partial charge >= 0.3 is 0 Å². The number of rotatable bonds is 9. The highest BCUT2D eigenvalue weighted by molar-refractivity contribution is 5.52. The van der Waals surface area contributed by atoms with E-state index in [1.165, 1.54) is 5.56 Å². The molecule has 1 rings (SSSR count). The molecular formula is C24H45N3O. The zero-order valence-corrected chi connectivity index (χ0v) is 20.6. The monoisotopic (exact) mass is 391 g/mol. The summed E-state index contributed by atoms with van der Waals surface area (Å²) in [6, 6.07) is 4.50. The first-order valence-corrected chi connectivity index (χ1v) is 10.3. The predicted molar refractivity (Wildman–Crippen MR) is 123 cm³/mol. The highest BCUT2D eigenvalue weighted by atomic mass is 16.3. The first kappa shape index (κ1) is 24.9. The summed E-state index contributed by atoms with van der Waals surface area (Å²) in [7, 11) is 12.6. The van der Waals surface area contributed by atoms with Crippen LogP contribution in [-0.4, -0.2) is 81.7 Å². The maximum absolute atomic E-state index is 11.4. The zero-order valence-electron chi connectivity index (χ0n) is 20.6. The van der Waals surface area contributed by atoms with E-state index in [2.05, 4.69) is 111 Å². The first-order chi connectivity index (χ1) is 12.5. The second-order valence-corrected chi connectivity index (χ2v) is 11.3. The minimum absolute atomic E-state index is 0.0108. The van der Waals surface area contributed by atoms with Gasteiger partial charge in [-0.25, -0.2) is 0 Å². The van der Waals surface area contributed by atoms with Crippen LogP contribution in [0.4, 0.5) is 0 Å². The van der Waals surface area contributed by atoms with E-state index in [9.17, 15) is 5.11 Å². The van der Waals surface area contributed by atoms with E-state index < -0.39 is 0 Å². The number of hydrogen-bond acceptors (Lipinski definition) is 4. The van der Waals surface area contributed by atoms with E-state index in [-0.39, 0.29) is 16.2 Å². The van der Waals surface area contributed by atoms with Gasteiger partial charge in [0.05, 0.1) is 0 Å². The Morgan fingerprint density at radius 1 is 0.607 bits per heavy atom. The molecule has 1 aromatic carbocycles. The normalized spacial score (nSPS) is 13.8. The lowest BCUT2D eigenvalue weighted by Crippen LogP contribution is -2.37. The number of phenolic OH excluding ortho intramolecular Hbond substituents is 1. The van der Waals surface area contributed by atoms with Crippen LogP contribution < -0.4 is 0 Å². The summed E-state index contributed by atoms with van der Waals surface area (Å²) in [5.41, 5.74) is 3.08. The molecule has 0 saturated carbocycles.